The molecule has 0 aliphatic heterocycles. The highest BCUT2D eigenvalue weighted by Crippen LogP contribution is 2.22. The molecule has 88 valence electrons. The van der Waals surface area contributed by atoms with Crippen molar-refractivity contribution in [3.8, 4) is 0 Å². The molecule has 1 unspecified atom stereocenters. The summed E-state index contributed by atoms with van der Waals surface area (Å²) in [5.41, 5.74) is 5.13. The number of halogens is 1. The largest absolute Gasteiger partial charge is 0.346 e. The highest BCUT2D eigenvalue weighted by atomic mass is 19.1. The summed E-state index contributed by atoms with van der Waals surface area (Å²) in [6, 6.07) is 5.76. The summed E-state index contributed by atoms with van der Waals surface area (Å²) >= 11 is 0. The molecular weight excluding hydrogens is 207 g/mol. The molecule has 1 atom stereocenters. The standard InChI is InChI=1S/C12H17FN2O/c1-8(14)11(16)15-12(2,3)9-6-4-5-7-10(9)13/h4-8H,14H2,1-3H3,(H,15,16). The number of benzene rings is 1. The van der Waals surface area contributed by atoms with Crippen molar-refractivity contribution in [2.45, 2.75) is 32.4 Å². The number of hydrogen-bond acceptors (Lipinski definition) is 2. The van der Waals surface area contributed by atoms with E-state index in [9.17, 15) is 9.18 Å². The monoisotopic (exact) mass is 224 g/mol. The van der Waals surface area contributed by atoms with Crippen molar-refractivity contribution in [2.24, 2.45) is 5.73 Å². The maximum atomic E-state index is 13.6. The summed E-state index contributed by atoms with van der Waals surface area (Å²) in [6.45, 7) is 5.07. The average molecular weight is 224 g/mol. The lowest BCUT2D eigenvalue weighted by Crippen LogP contribution is -2.48. The second-order valence-electron chi connectivity index (χ2n) is 4.38. The number of nitrogens with two attached hydrogens (primary N) is 1. The zero-order valence-electron chi connectivity index (χ0n) is 9.75. The molecule has 1 aromatic carbocycles. The van der Waals surface area contributed by atoms with Gasteiger partial charge in [-0.15, -0.1) is 0 Å². The number of carbonyl (C=O) groups excluding carboxylic acids is 1. The fourth-order valence-electron chi connectivity index (χ4n) is 1.46. The van der Waals surface area contributed by atoms with Crippen LogP contribution < -0.4 is 11.1 Å². The normalized spacial score (nSPS) is 13.3. The average Bonchev–Trinajstić information content (AvgIpc) is 2.17. The highest BCUT2D eigenvalue weighted by molar-refractivity contribution is 5.81. The molecule has 1 amide bonds. The molecule has 0 fully saturated rings. The molecule has 1 aromatic rings. The first-order chi connectivity index (χ1) is 7.34. The Hall–Kier alpha value is -1.42. The van der Waals surface area contributed by atoms with Gasteiger partial charge < -0.3 is 11.1 Å². The van der Waals surface area contributed by atoms with E-state index in [-0.39, 0.29) is 11.7 Å². The van der Waals surface area contributed by atoms with E-state index in [1.54, 1.807) is 39.0 Å². The summed E-state index contributed by atoms with van der Waals surface area (Å²) in [4.78, 5) is 11.5. The van der Waals surface area contributed by atoms with Crippen LogP contribution in [0.3, 0.4) is 0 Å². The van der Waals surface area contributed by atoms with Gasteiger partial charge in [-0.25, -0.2) is 4.39 Å². The van der Waals surface area contributed by atoms with Crippen LogP contribution in [-0.4, -0.2) is 11.9 Å². The van der Waals surface area contributed by atoms with Crippen molar-refractivity contribution in [2.75, 3.05) is 0 Å². The number of amides is 1. The van der Waals surface area contributed by atoms with Crippen molar-refractivity contribution in [1.29, 1.82) is 0 Å². The van der Waals surface area contributed by atoms with E-state index >= 15 is 0 Å². The Morgan fingerprint density at radius 2 is 2.00 bits per heavy atom. The Labute approximate surface area is 94.8 Å². The zero-order chi connectivity index (χ0) is 12.3. The second kappa shape index (κ2) is 4.61. The van der Waals surface area contributed by atoms with E-state index in [1.165, 1.54) is 6.07 Å². The maximum Gasteiger partial charge on any atom is 0.237 e. The summed E-state index contributed by atoms with van der Waals surface area (Å²) in [7, 11) is 0. The van der Waals surface area contributed by atoms with E-state index in [4.69, 9.17) is 5.73 Å². The van der Waals surface area contributed by atoms with Gasteiger partial charge in [-0.3, -0.25) is 4.79 Å². The van der Waals surface area contributed by atoms with Gasteiger partial charge in [0, 0.05) is 5.56 Å². The lowest BCUT2D eigenvalue weighted by atomic mass is 9.93. The molecule has 0 aliphatic rings. The Morgan fingerprint density at radius 1 is 1.44 bits per heavy atom. The van der Waals surface area contributed by atoms with E-state index in [0.717, 1.165) is 0 Å². The summed E-state index contributed by atoms with van der Waals surface area (Å²) in [6.07, 6.45) is 0. The third-order valence-electron chi connectivity index (χ3n) is 2.40. The van der Waals surface area contributed by atoms with Gasteiger partial charge in [0.05, 0.1) is 11.6 Å². The topological polar surface area (TPSA) is 55.1 Å². The zero-order valence-corrected chi connectivity index (χ0v) is 9.75. The minimum Gasteiger partial charge on any atom is -0.346 e. The van der Waals surface area contributed by atoms with Gasteiger partial charge in [0.15, 0.2) is 0 Å². The SMILES string of the molecule is CC(N)C(=O)NC(C)(C)c1ccccc1F. The molecule has 0 radical (unpaired) electrons. The highest BCUT2D eigenvalue weighted by Gasteiger charge is 2.26. The molecule has 0 bridgehead atoms. The Kier molecular flexibility index (Phi) is 3.65. The van der Waals surface area contributed by atoms with Crippen LogP contribution in [0.1, 0.15) is 26.3 Å². The predicted molar refractivity (Wildman–Crippen MR) is 61.2 cm³/mol. The molecule has 0 aliphatic carbocycles. The van der Waals surface area contributed by atoms with Crippen LogP contribution in [0.25, 0.3) is 0 Å². The fourth-order valence-corrected chi connectivity index (χ4v) is 1.46. The van der Waals surface area contributed by atoms with Gasteiger partial charge in [-0.2, -0.15) is 0 Å². The van der Waals surface area contributed by atoms with Gasteiger partial charge in [0.25, 0.3) is 0 Å². The van der Waals surface area contributed by atoms with Crippen molar-refractivity contribution in [3.05, 3.63) is 35.6 Å². The Bertz CT molecular complexity index is 388. The van der Waals surface area contributed by atoms with Crippen LogP contribution in [0.2, 0.25) is 0 Å². The molecule has 3 N–H and O–H groups in total. The van der Waals surface area contributed by atoms with Crippen LogP contribution in [0.15, 0.2) is 24.3 Å². The van der Waals surface area contributed by atoms with Crippen molar-refractivity contribution < 1.29 is 9.18 Å². The molecule has 1 rings (SSSR count). The Balaban J connectivity index is 2.94. The minimum atomic E-state index is -0.768. The smallest absolute Gasteiger partial charge is 0.237 e. The van der Waals surface area contributed by atoms with Crippen molar-refractivity contribution in [1.82, 2.24) is 5.32 Å². The molecule has 4 heteroatoms. The molecule has 16 heavy (non-hydrogen) atoms. The number of carbonyl (C=O) groups is 1. The first-order valence-electron chi connectivity index (χ1n) is 5.17. The van der Waals surface area contributed by atoms with E-state index < -0.39 is 11.6 Å². The molecule has 0 saturated heterocycles. The van der Waals surface area contributed by atoms with E-state index in [1.807, 2.05) is 0 Å². The molecular formula is C12H17FN2O. The minimum absolute atomic E-state index is 0.298. The first kappa shape index (κ1) is 12.6. The first-order valence-corrected chi connectivity index (χ1v) is 5.17. The molecule has 0 heterocycles. The van der Waals surface area contributed by atoms with Crippen LogP contribution in [0, 0.1) is 5.82 Å². The molecule has 0 saturated carbocycles. The predicted octanol–water partition coefficient (Wildman–Crippen LogP) is 1.52. The second-order valence-corrected chi connectivity index (χ2v) is 4.38. The number of hydrogen-bond donors (Lipinski definition) is 2. The Morgan fingerprint density at radius 3 is 2.50 bits per heavy atom. The third-order valence-corrected chi connectivity index (χ3v) is 2.40. The fraction of sp³-hybridized carbons (Fsp3) is 0.417. The summed E-state index contributed by atoms with van der Waals surface area (Å²) in [5, 5.41) is 2.71. The van der Waals surface area contributed by atoms with E-state index in [2.05, 4.69) is 5.32 Å². The molecule has 3 nitrogen and oxygen atoms in total. The van der Waals surface area contributed by atoms with Crippen LogP contribution in [-0.2, 0) is 10.3 Å². The summed E-state index contributed by atoms with van der Waals surface area (Å²) in [5.74, 6) is -0.634. The summed E-state index contributed by atoms with van der Waals surface area (Å²) < 4.78 is 13.6. The molecule has 0 spiro atoms. The lowest BCUT2D eigenvalue weighted by Gasteiger charge is -2.28. The van der Waals surface area contributed by atoms with Gasteiger partial charge in [-0.1, -0.05) is 18.2 Å². The van der Waals surface area contributed by atoms with Crippen molar-refractivity contribution in [3.63, 3.8) is 0 Å². The number of rotatable bonds is 3. The molecule has 0 aromatic heterocycles. The number of nitrogens with one attached hydrogen (secondary N) is 1. The van der Waals surface area contributed by atoms with Gasteiger partial charge in [-0.05, 0) is 26.8 Å². The maximum absolute atomic E-state index is 13.6. The van der Waals surface area contributed by atoms with Crippen LogP contribution in [0.5, 0.6) is 0 Å². The van der Waals surface area contributed by atoms with Gasteiger partial charge in [0.2, 0.25) is 5.91 Å². The van der Waals surface area contributed by atoms with Gasteiger partial charge >= 0.3 is 0 Å². The van der Waals surface area contributed by atoms with Crippen LogP contribution in [0.4, 0.5) is 4.39 Å². The van der Waals surface area contributed by atoms with Crippen LogP contribution >= 0.6 is 0 Å². The lowest BCUT2D eigenvalue weighted by molar-refractivity contribution is -0.123. The van der Waals surface area contributed by atoms with Gasteiger partial charge in [0.1, 0.15) is 5.82 Å². The van der Waals surface area contributed by atoms with Crippen molar-refractivity contribution >= 4 is 5.91 Å². The quantitative estimate of drug-likeness (QED) is 0.818. The van der Waals surface area contributed by atoms with E-state index in [0.29, 0.717) is 5.56 Å². The third kappa shape index (κ3) is 2.79.